The topological polar surface area (TPSA) is 173 Å². The van der Waals surface area contributed by atoms with Gasteiger partial charge in [-0.3, -0.25) is 9.59 Å². The van der Waals surface area contributed by atoms with Crippen molar-refractivity contribution in [3.63, 3.8) is 0 Å². The zero-order valence-electron chi connectivity index (χ0n) is 28.2. The second kappa shape index (κ2) is 15.5. The summed E-state index contributed by atoms with van der Waals surface area (Å²) in [4.78, 5) is 41.2. The van der Waals surface area contributed by atoms with E-state index in [1.807, 2.05) is 0 Å². The Morgan fingerprint density at radius 2 is 0.939 bits per heavy atom. The van der Waals surface area contributed by atoms with Gasteiger partial charge >= 0.3 is 5.97 Å². The molecule has 0 bridgehead atoms. The molecule has 1 heterocycles. The number of nitrogens with zero attached hydrogens (tertiary/aromatic N) is 2. The lowest BCUT2D eigenvalue weighted by Gasteiger charge is -2.16. The fraction of sp³-hybridized carbons (Fsp3) is 0.273. The molecule has 0 atom stereocenters. The molecule has 16 heteroatoms. The van der Waals surface area contributed by atoms with Gasteiger partial charge in [0.1, 0.15) is 5.56 Å². The monoisotopic (exact) mass is 681 g/mol. The molecule has 1 amide bonds. The number of anilines is 1. The van der Waals surface area contributed by atoms with Gasteiger partial charge in [-0.2, -0.15) is 4.68 Å². The Bertz CT molecular complexity index is 1870. The highest BCUT2D eigenvalue weighted by molar-refractivity contribution is 6.07. The van der Waals surface area contributed by atoms with Crippen LogP contribution in [0.4, 0.5) is 5.82 Å². The summed E-state index contributed by atoms with van der Waals surface area (Å²) in [5.74, 6) is -1.54. The highest BCUT2D eigenvalue weighted by atomic mass is 16.6. The summed E-state index contributed by atoms with van der Waals surface area (Å²) in [7, 11) is 12.5. The lowest BCUT2D eigenvalue weighted by Crippen LogP contribution is -2.20. The first-order valence-corrected chi connectivity index (χ1v) is 14.2. The molecule has 0 aliphatic heterocycles. The summed E-state index contributed by atoms with van der Waals surface area (Å²) in [6.07, 6.45) is 0. The quantitative estimate of drug-likeness (QED) is 0.188. The van der Waals surface area contributed by atoms with Crippen LogP contribution in [0.2, 0.25) is 0 Å². The maximum absolute atomic E-state index is 14.1. The lowest BCUT2D eigenvalue weighted by molar-refractivity contribution is 0.0708. The summed E-state index contributed by atoms with van der Waals surface area (Å²) < 4.78 is 55.0. The van der Waals surface area contributed by atoms with Crippen molar-refractivity contribution in [2.24, 2.45) is 0 Å². The summed E-state index contributed by atoms with van der Waals surface area (Å²) in [5, 5.41) is 6.86. The Labute approximate surface area is 281 Å². The van der Waals surface area contributed by atoms with Gasteiger partial charge in [0.15, 0.2) is 40.3 Å². The van der Waals surface area contributed by atoms with E-state index in [4.69, 9.17) is 47.4 Å². The zero-order chi connectivity index (χ0) is 35.8. The molecule has 0 aliphatic carbocycles. The van der Waals surface area contributed by atoms with E-state index in [9.17, 15) is 14.4 Å². The van der Waals surface area contributed by atoms with Gasteiger partial charge in [-0.15, -0.1) is 5.10 Å². The number of ether oxygens (including phenoxy) is 10. The number of aromatic nitrogens is 2. The van der Waals surface area contributed by atoms with Crippen LogP contribution in [0.15, 0.2) is 42.5 Å². The first kappa shape index (κ1) is 35.5. The molecule has 4 aromatic rings. The summed E-state index contributed by atoms with van der Waals surface area (Å²) in [6.45, 7) is 0. The number of esters is 1. The Kier molecular flexibility index (Phi) is 11.2. The van der Waals surface area contributed by atoms with Crippen molar-refractivity contribution >= 4 is 23.6 Å². The average molecular weight is 682 g/mol. The average Bonchev–Trinajstić information content (AvgIpc) is 3.53. The van der Waals surface area contributed by atoms with Crippen LogP contribution in [0.25, 0.3) is 0 Å². The molecule has 0 unspecified atom stereocenters. The van der Waals surface area contributed by atoms with Crippen LogP contribution in [0.5, 0.6) is 57.6 Å². The molecule has 16 nitrogen and oxygen atoms in total. The second-order valence-electron chi connectivity index (χ2n) is 9.57. The highest BCUT2D eigenvalue weighted by Gasteiger charge is 2.29. The predicted octanol–water partition coefficient (Wildman–Crippen LogP) is 4.12. The number of carbonyl (C=O) groups is 3. The van der Waals surface area contributed by atoms with Crippen molar-refractivity contribution in [3.8, 4) is 57.6 Å². The Morgan fingerprint density at radius 3 is 1.39 bits per heavy atom. The minimum absolute atomic E-state index is 0.0138. The van der Waals surface area contributed by atoms with Crippen molar-refractivity contribution in [1.29, 1.82) is 0 Å². The number of nitrogens with one attached hydrogen (secondary N) is 1. The minimum Gasteiger partial charge on any atom is -0.493 e. The van der Waals surface area contributed by atoms with Crippen molar-refractivity contribution in [2.75, 3.05) is 69.3 Å². The largest absolute Gasteiger partial charge is 0.493 e. The van der Waals surface area contributed by atoms with Crippen molar-refractivity contribution in [1.82, 2.24) is 9.78 Å². The van der Waals surface area contributed by atoms with Gasteiger partial charge < -0.3 is 52.7 Å². The van der Waals surface area contributed by atoms with E-state index in [2.05, 4.69) is 10.4 Å². The third-order valence-corrected chi connectivity index (χ3v) is 7.12. The molecule has 0 radical (unpaired) electrons. The zero-order valence-corrected chi connectivity index (χ0v) is 28.2. The third-order valence-electron chi connectivity index (χ3n) is 7.12. The molecule has 0 saturated heterocycles. The minimum atomic E-state index is -0.953. The molecule has 49 heavy (non-hydrogen) atoms. The molecule has 0 fully saturated rings. The summed E-state index contributed by atoms with van der Waals surface area (Å²) in [6, 6.07) is 9.94. The molecule has 1 N–H and O–H groups in total. The highest BCUT2D eigenvalue weighted by Crippen LogP contribution is 2.43. The number of rotatable bonds is 14. The Balaban J connectivity index is 1.83. The van der Waals surface area contributed by atoms with Gasteiger partial charge in [0.2, 0.25) is 23.1 Å². The van der Waals surface area contributed by atoms with Crippen molar-refractivity contribution in [2.45, 2.75) is 0 Å². The van der Waals surface area contributed by atoms with Gasteiger partial charge in [-0.1, -0.05) is 0 Å². The van der Waals surface area contributed by atoms with E-state index in [1.165, 1.54) is 106 Å². The molecule has 0 spiro atoms. The molecule has 3 aromatic carbocycles. The first-order valence-electron chi connectivity index (χ1n) is 14.2. The fourth-order valence-electron chi connectivity index (χ4n) is 4.90. The van der Waals surface area contributed by atoms with Crippen LogP contribution in [-0.4, -0.2) is 91.6 Å². The van der Waals surface area contributed by atoms with Crippen LogP contribution in [0, 0.1) is 0 Å². The summed E-state index contributed by atoms with van der Waals surface area (Å²) in [5.41, 5.74) is -0.0513. The standard InChI is InChI=1S/C33H35N3O13/c1-40-20-13-10-17(25(43-4)28(20)46-7)31(37)34-23-16-24(49-33(39)19-12-15-22(42-3)30(48-9)27(19)45-6)36(35-23)32(38)18-11-14-21(41-2)29(47-8)26(18)44-5/h10-16H,1-9H3,(H,34,35,37). The van der Waals surface area contributed by atoms with Crippen LogP contribution in [-0.2, 0) is 0 Å². The van der Waals surface area contributed by atoms with E-state index < -0.39 is 17.8 Å². The fourth-order valence-corrected chi connectivity index (χ4v) is 4.90. The molecule has 0 aliphatic rings. The second-order valence-corrected chi connectivity index (χ2v) is 9.57. The van der Waals surface area contributed by atoms with Crippen LogP contribution < -0.4 is 52.7 Å². The molecule has 1 aromatic heterocycles. The van der Waals surface area contributed by atoms with Gasteiger partial charge in [0.05, 0.1) is 75.1 Å². The summed E-state index contributed by atoms with van der Waals surface area (Å²) >= 11 is 0. The lowest BCUT2D eigenvalue weighted by atomic mass is 10.1. The van der Waals surface area contributed by atoms with E-state index in [1.54, 1.807) is 0 Å². The predicted molar refractivity (Wildman–Crippen MR) is 173 cm³/mol. The number of amides is 1. The molecular formula is C33H35N3O13. The molecule has 260 valence electrons. The number of carbonyl (C=O) groups excluding carboxylic acids is 3. The van der Waals surface area contributed by atoms with Crippen LogP contribution in [0.1, 0.15) is 31.1 Å². The van der Waals surface area contributed by atoms with Gasteiger partial charge in [0.25, 0.3) is 11.8 Å². The van der Waals surface area contributed by atoms with Gasteiger partial charge in [-0.05, 0) is 36.4 Å². The van der Waals surface area contributed by atoms with Crippen LogP contribution in [0.3, 0.4) is 0 Å². The Morgan fingerprint density at radius 1 is 0.531 bits per heavy atom. The van der Waals surface area contributed by atoms with E-state index in [0.717, 1.165) is 4.68 Å². The maximum Gasteiger partial charge on any atom is 0.348 e. The maximum atomic E-state index is 14.1. The number of hydrogen-bond acceptors (Lipinski definition) is 14. The number of methoxy groups -OCH3 is 9. The SMILES string of the molecule is COc1ccc(C(=O)Nc2cc(OC(=O)c3ccc(OC)c(OC)c3OC)n(C(=O)c3ccc(OC)c(OC)c3OC)n2)c(OC)c1OC. The van der Waals surface area contributed by atoms with Crippen LogP contribution >= 0.6 is 0 Å². The van der Waals surface area contributed by atoms with E-state index in [-0.39, 0.29) is 62.9 Å². The number of benzene rings is 3. The Hall–Kier alpha value is -6.32. The normalized spacial score (nSPS) is 10.4. The van der Waals surface area contributed by atoms with Crippen molar-refractivity contribution in [3.05, 3.63) is 59.2 Å². The molecular weight excluding hydrogens is 646 g/mol. The van der Waals surface area contributed by atoms with Gasteiger partial charge in [0, 0.05) is 6.07 Å². The molecule has 0 saturated carbocycles. The van der Waals surface area contributed by atoms with Gasteiger partial charge in [-0.25, -0.2) is 4.79 Å². The number of hydrogen-bond donors (Lipinski definition) is 1. The van der Waals surface area contributed by atoms with E-state index >= 15 is 0 Å². The first-order chi connectivity index (χ1) is 23.7. The van der Waals surface area contributed by atoms with Crippen molar-refractivity contribution < 1.29 is 61.8 Å². The third kappa shape index (κ3) is 6.74. The molecule has 4 rings (SSSR count). The van der Waals surface area contributed by atoms with E-state index in [0.29, 0.717) is 17.2 Å². The smallest absolute Gasteiger partial charge is 0.348 e.